The third kappa shape index (κ3) is 2.55. The lowest BCUT2D eigenvalue weighted by atomic mass is 10.3. The molecular formula is C8H10N2O2S. The van der Waals surface area contributed by atoms with Crippen LogP contribution in [-0.4, -0.2) is 18.9 Å². The summed E-state index contributed by atoms with van der Waals surface area (Å²) in [6.07, 6.45) is 0. The molecule has 0 unspecified atom stereocenters. The fourth-order valence-electron chi connectivity index (χ4n) is 0.839. The van der Waals surface area contributed by atoms with E-state index in [0.29, 0.717) is 10.6 Å². The lowest BCUT2D eigenvalue weighted by Crippen LogP contribution is -2.16. The molecule has 4 nitrogen and oxygen atoms in total. The minimum atomic E-state index is -0.146. The maximum absolute atomic E-state index is 11.1. The van der Waals surface area contributed by atoms with Crippen molar-refractivity contribution < 1.29 is 9.59 Å². The summed E-state index contributed by atoms with van der Waals surface area (Å²) in [6.45, 7) is 1.43. The average Bonchev–Trinajstić information content (AvgIpc) is 2.50. The van der Waals surface area contributed by atoms with Crippen molar-refractivity contribution in [2.45, 2.75) is 6.92 Å². The number of carbonyl (C=O) groups is 2. The Morgan fingerprint density at radius 3 is 2.69 bits per heavy atom. The number of thiophene rings is 1. The molecule has 2 N–H and O–H groups in total. The van der Waals surface area contributed by atoms with Crippen molar-refractivity contribution in [3.63, 3.8) is 0 Å². The Balaban J connectivity index is 2.74. The first-order valence-corrected chi connectivity index (χ1v) is 4.59. The van der Waals surface area contributed by atoms with Crippen LogP contribution in [0.4, 0.5) is 5.00 Å². The Morgan fingerprint density at radius 2 is 2.15 bits per heavy atom. The van der Waals surface area contributed by atoms with E-state index in [9.17, 15) is 9.59 Å². The Bertz CT molecular complexity index is 333. The van der Waals surface area contributed by atoms with Crippen molar-refractivity contribution in [1.29, 1.82) is 0 Å². The summed E-state index contributed by atoms with van der Waals surface area (Å²) in [7, 11) is 1.57. The van der Waals surface area contributed by atoms with Crippen LogP contribution in [0.2, 0.25) is 0 Å². The second-order valence-electron chi connectivity index (χ2n) is 2.46. The average molecular weight is 198 g/mol. The topological polar surface area (TPSA) is 58.2 Å². The summed E-state index contributed by atoms with van der Waals surface area (Å²) < 4.78 is 0. The first-order valence-electron chi connectivity index (χ1n) is 3.71. The predicted octanol–water partition coefficient (Wildman–Crippen LogP) is 1.07. The zero-order chi connectivity index (χ0) is 9.84. The molecule has 0 aliphatic heterocycles. The van der Waals surface area contributed by atoms with Crippen LogP contribution < -0.4 is 10.6 Å². The minimum absolute atomic E-state index is 0.134. The molecule has 1 aromatic heterocycles. The zero-order valence-corrected chi connectivity index (χ0v) is 8.20. The second-order valence-corrected chi connectivity index (χ2v) is 3.37. The van der Waals surface area contributed by atoms with Crippen molar-refractivity contribution in [2.24, 2.45) is 0 Å². The predicted molar refractivity (Wildman–Crippen MR) is 52.0 cm³/mol. The molecule has 13 heavy (non-hydrogen) atoms. The van der Waals surface area contributed by atoms with E-state index in [2.05, 4.69) is 10.6 Å². The van der Waals surface area contributed by atoms with Crippen LogP contribution in [0.1, 0.15) is 17.3 Å². The van der Waals surface area contributed by atoms with Gasteiger partial charge >= 0.3 is 0 Å². The molecule has 0 atom stereocenters. The van der Waals surface area contributed by atoms with Gasteiger partial charge in [0, 0.05) is 19.4 Å². The van der Waals surface area contributed by atoms with E-state index in [1.165, 1.54) is 18.3 Å². The van der Waals surface area contributed by atoms with Gasteiger partial charge in [-0.3, -0.25) is 9.59 Å². The molecule has 0 radical (unpaired) electrons. The SMILES string of the molecule is CNC(=O)c1csc(NC(C)=O)c1. The van der Waals surface area contributed by atoms with Gasteiger partial charge in [0.05, 0.1) is 10.6 Å². The third-order valence-corrected chi connectivity index (χ3v) is 2.23. The van der Waals surface area contributed by atoms with Crippen LogP contribution in [0.25, 0.3) is 0 Å². The molecule has 2 amide bonds. The van der Waals surface area contributed by atoms with E-state index in [-0.39, 0.29) is 11.8 Å². The van der Waals surface area contributed by atoms with Crippen molar-refractivity contribution in [2.75, 3.05) is 12.4 Å². The van der Waals surface area contributed by atoms with Crippen molar-refractivity contribution in [3.8, 4) is 0 Å². The molecule has 0 spiro atoms. The third-order valence-electron chi connectivity index (χ3n) is 1.39. The number of nitrogens with one attached hydrogen (secondary N) is 2. The molecule has 70 valence electrons. The number of hydrogen-bond donors (Lipinski definition) is 2. The van der Waals surface area contributed by atoms with Gasteiger partial charge in [0.2, 0.25) is 5.91 Å². The first-order chi connectivity index (χ1) is 6.13. The van der Waals surface area contributed by atoms with Crippen LogP contribution in [0.3, 0.4) is 0 Å². The Morgan fingerprint density at radius 1 is 1.46 bits per heavy atom. The summed E-state index contributed by atoms with van der Waals surface area (Å²) in [5, 5.41) is 7.49. The molecule has 1 rings (SSSR count). The van der Waals surface area contributed by atoms with Crippen LogP contribution >= 0.6 is 11.3 Å². The first kappa shape index (κ1) is 9.73. The van der Waals surface area contributed by atoms with Crippen molar-refractivity contribution >= 4 is 28.2 Å². The van der Waals surface area contributed by atoms with Gasteiger partial charge in [-0.25, -0.2) is 0 Å². The van der Waals surface area contributed by atoms with E-state index in [4.69, 9.17) is 0 Å². The van der Waals surface area contributed by atoms with E-state index < -0.39 is 0 Å². The van der Waals surface area contributed by atoms with Crippen LogP contribution in [0.5, 0.6) is 0 Å². The Hall–Kier alpha value is -1.36. The number of hydrogen-bond acceptors (Lipinski definition) is 3. The molecule has 5 heteroatoms. The number of carbonyl (C=O) groups excluding carboxylic acids is 2. The number of anilines is 1. The summed E-state index contributed by atoms with van der Waals surface area (Å²) >= 11 is 1.33. The molecule has 1 heterocycles. The quantitative estimate of drug-likeness (QED) is 0.746. The smallest absolute Gasteiger partial charge is 0.251 e. The van der Waals surface area contributed by atoms with Gasteiger partial charge in [-0.2, -0.15) is 0 Å². The van der Waals surface area contributed by atoms with Gasteiger partial charge in [0.25, 0.3) is 5.91 Å². The molecule has 0 aliphatic rings. The van der Waals surface area contributed by atoms with E-state index in [0.717, 1.165) is 0 Å². The lowest BCUT2D eigenvalue weighted by molar-refractivity contribution is -0.114. The van der Waals surface area contributed by atoms with Crippen molar-refractivity contribution in [1.82, 2.24) is 5.32 Å². The molecular weight excluding hydrogens is 188 g/mol. The zero-order valence-electron chi connectivity index (χ0n) is 7.38. The molecule has 0 saturated heterocycles. The summed E-state index contributed by atoms with van der Waals surface area (Å²) in [6, 6.07) is 1.64. The fraction of sp³-hybridized carbons (Fsp3) is 0.250. The van der Waals surface area contributed by atoms with E-state index in [1.807, 2.05) is 0 Å². The highest BCUT2D eigenvalue weighted by atomic mass is 32.1. The molecule has 1 aromatic rings. The van der Waals surface area contributed by atoms with Gasteiger partial charge in [0.1, 0.15) is 0 Å². The summed E-state index contributed by atoms with van der Waals surface area (Å²) in [5.41, 5.74) is 0.566. The van der Waals surface area contributed by atoms with Crippen LogP contribution in [0, 0.1) is 0 Å². The van der Waals surface area contributed by atoms with Gasteiger partial charge in [-0.1, -0.05) is 0 Å². The van der Waals surface area contributed by atoms with Crippen LogP contribution in [0.15, 0.2) is 11.4 Å². The van der Waals surface area contributed by atoms with E-state index >= 15 is 0 Å². The van der Waals surface area contributed by atoms with E-state index in [1.54, 1.807) is 18.5 Å². The highest BCUT2D eigenvalue weighted by molar-refractivity contribution is 7.14. The highest BCUT2D eigenvalue weighted by Crippen LogP contribution is 2.19. The number of rotatable bonds is 2. The molecule has 0 aromatic carbocycles. The lowest BCUT2D eigenvalue weighted by Gasteiger charge is -1.94. The monoisotopic (exact) mass is 198 g/mol. The van der Waals surface area contributed by atoms with Gasteiger partial charge in [-0.05, 0) is 6.07 Å². The number of amides is 2. The Kier molecular flexibility index (Phi) is 3.02. The van der Waals surface area contributed by atoms with Crippen LogP contribution in [-0.2, 0) is 4.79 Å². The van der Waals surface area contributed by atoms with Gasteiger partial charge in [-0.15, -0.1) is 11.3 Å². The Labute approximate surface area is 80.0 Å². The second kappa shape index (κ2) is 4.04. The van der Waals surface area contributed by atoms with Gasteiger partial charge in [0.15, 0.2) is 0 Å². The molecule has 0 bridgehead atoms. The molecule has 0 fully saturated rings. The van der Waals surface area contributed by atoms with Crippen molar-refractivity contribution in [3.05, 3.63) is 17.0 Å². The molecule has 0 saturated carbocycles. The summed E-state index contributed by atoms with van der Waals surface area (Å²) in [4.78, 5) is 21.8. The largest absolute Gasteiger partial charge is 0.355 e. The maximum atomic E-state index is 11.1. The normalized spacial score (nSPS) is 9.38. The minimum Gasteiger partial charge on any atom is -0.355 e. The molecule has 0 aliphatic carbocycles. The standard InChI is InChI=1S/C8H10N2O2S/c1-5(11)10-7-3-6(4-13-7)8(12)9-2/h3-4H,1-2H3,(H,9,12)(H,10,11). The maximum Gasteiger partial charge on any atom is 0.251 e. The van der Waals surface area contributed by atoms with Gasteiger partial charge < -0.3 is 10.6 Å². The summed E-state index contributed by atoms with van der Waals surface area (Å²) in [5.74, 6) is -0.279. The highest BCUT2D eigenvalue weighted by Gasteiger charge is 2.06. The fourth-order valence-corrected chi connectivity index (χ4v) is 1.67.